The number of carbonyl (C=O) groups is 1. The number of nitrogens with one attached hydrogen (secondary N) is 2. The molecule has 2 aromatic rings. The molecule has 7 heteroatoms. The molecule has 1 amide bonds. The Morgan fingerprint density at radius 2 is 1.87 bits per heavy atom. The number of pyridine rings is 1. The van der Waals surface area contributed by atoms with Crippen LogP contribution in [-0.2, 0) is 17.6 Å². The van der Waals surface area contributed by atoms with E-state index in [1.54, 1.807) is 6.07 Å². The van der Waals surface area contributed by atoms with Gasteiger partial charge in [0.2, 0.25) is 11.9 Å². The molecule has 0 spiro atoms. The van der Waals surface area contributed by atoms with Crippen LogP contribution in [0, 0.1) is 6.92 Å². The highest BCUT2D eigenvalue weighted by atomic mass is 16.1. The van der Waals surface area contributed by atoms with Crippen LogP contribution in [0.2, 0.25) is 0 Å². The van der Waals surface area contributed by atoms with Gasteiger partial charge in [0.1, 0.15) is 5.82 Å². The Bertz CT molecular complexity index is 673. The molecule has 0 unspecified atom stereocenters. The summed E-state index contributed by atoms with van der Waals surface area (Å²) in [6, 6.07) is 5.51. The summed E-state index contributed by atoms with van der Waals surface area (Å²) in [4.78, 5) is 20.5. The fourth-order valence-electron chi connectivity index (χ4n) is 2.12. The van der Waals surface area contributed by atoms with Crippen molar-refractivity contribution < 1.29 is 4.79 Å². The molecule has 23 heavy (non-hydrogen) atoms. The molecule has 0 aliphatic carbocycles. The summed E-state index contributed by atoms with van der Waals surface area (Å²) < 4.78 is 0. The minimum Gasteiger partial charge on any atom is -0.352 e. The van der Waals surface area contributed by atoms with Crippen LogP contribution in [0.3, 0.4) is 0 Å². The molecule has 0 fully saturated rings. The Morgan fingerprint density at radius 1 is 1.09 bits per heavy atom. The van der Waals surface area contributed by atoms with Gasteiger partial charge in [-0.2, -0.15) is 5.10 Å². The Morgan fingerprint density at radius 3 is 2.57 bits per heavy atom. The number of amides is 1. The fraction of sp³-hybridized carbons (Fsp3) is 0.438. The van der Waals surface area contributed by atoms with Crippen LogP contribution in [0.1, 0.15) is 37.4 Å². The lowest BCUT2D eigenvalue weighted by atomic mass is 10.2. The number of nitrogens with zero attached hydrogens (tertiary/aromatic N) is 4. The van der Waals surface area contributed by atoms with Crippen molar-refractivity contribution in [2.24, 2.45) is 0 Å². The van der Waals surface area contributed by atoms with E-state index in [0.717, 1.165) is 29.9 Å². The minimum atomic E-state index is -0.107. The summed E-state index contributed by atoms with van der Waals surface area (Å²) in [5.41, 5.74) is 2.73. The van der Waals surface area contributed by atoms with Gasteiger partial charge in [-0.3, -0.25) is 4.79 Å². The molecule has 0 aliphatic heterocycles. The van der Waals surface area contributed by atoms with Gasteiger partial charge in [-0.1, -0.05) is 19.9 Å². The highest BCUT2D eigenvalue weighted by Crippen LogP contribution is 2.07. The highest BCUT2D eigenvalue weighted by Gasteiger charge is 2.07. The Kier molecular flexibility index (Phi) is 5.96. The summed E-state index contributed by atoms with van der Waals surface area (Å²) in [6.45, 7) is 6.39. The summed E-state index contributed by atoms with van der Waals surface area (Å²) in [6.07, 6.45) is 1.93. The molecule has 0 atom stereocenters. The molecule has 122 valence electrons. The number of aryl methyl sites for hydroxylation is 3. The normalized spacial score (nSPS) is 10.4. The van der Waals surface area contributed by atoms with Gasteiger partial charge in [0.05, 0.1) is 11.4 Å². The van der Waals surface area contributed by atoms with Crippen molar-refractivity contribution in [3.8, 4) is 0 Å². The van der Waals surface area contributed by atoms with Gasteiger partial charge < -0.3 is 10.6 Å². The van der Waals surface area contributed by atoms with E-state index in [9.17, 15) is 4.79 Å². The Balaban J connectivity index is 1.83. The zero-order valence-electron chi connectivity index (χ0n) is 13.8. The highest BCUT2D eigenvalue weighted by molar-refractivity contribution is 5.89. The van der Waals surface area contributed by atoms with E-state index >= 15 is 0 Å². The first-order valence-corrected chi connectivity index (χ1v) is 7.82. The summed E-state index contributed by atoms with van der Waals surface area (Å²) in [7, 11) is 0. The van der Waals surface area contributed by atoms with Crippen molar-refractivity contribution in [3.63, 3.8) is 0 Å². The lowest BCUT2D eigenvalue weighted by Gasteiger charge is -2.08. The predicted octanol–water partition coefficient (Wildman–Crippen LogP) is 2.14. The average Bonchev–Trinajstić information content (AvgIpc) is 2.54. The molecule has 0 saturated carbocycles. The van der Waals surface area contributed by atoms with E-state index in [4.69, 9.17) is 0 Å². The van der Waals surface area contributed by atoms with Gasteiger partial charge in [-0.15, -0.1) is 5.10 Å². The molecule has 2 aromatic heterocycles. The van der Waals surface area contributed by atoms with Gasteiger partial charge in [0.25, 0.3) is 0 Å². The molecule has 2 N–H and O–H groups in total. The van der Waals surface area contributed by atoms with Gasteiger partial charge in [0.15, 0.2) is 0 Å². The molecule has 2 heterocycles. The zero-order chi connectivity index (χ0) is 16.7. The first-order chi connectivity index (χ1) is 11.1. The lowest BCUT2D eigenvalue weighted by molar-refractivity contribution is -0.116. The largest absolute Gasteiger partial charge is 0.352 e. The van der Waals surface area contributed by atoms with Gasteiger partial charge in [0, 0.05) is 18.7 Å². The lowest BCUT2D eigenvalue weighted by Crippen LogP contribution is -2.18. The fourth-order valence-corrected chi connectivity index (χ4v) is 2.12. The van der Waals surface area contributed by atoms with E-state index in [0.29, 0.717) is 24.7 Å². The van der Waals surface area contributed by atoms with Crippen molar-refractivity contribution in [2.45, 2.75) is 40.0 Å². The molecule has 2 rings (SSSR count). The van der Waals surface area contributed by atoms with Crippen molar-refractivity contribution >= 4 is 17.7 Å². The third-order valence-electron chi connectivity index (χ3n) is 3.30. The SMILES string of the molecule is CCc1nnc(NCCC(=O)Nc2cccc(C)n2)nc1CC. The maximum absolute atomic E-state index is 11.9. The molecule has 0 aliphatic rings. The Labute approximate surface area is 136 Å². The standard InChI is InChI=1S/C16H22N6O/c1-4-12-13(5-2)21-22-16(19-12)17-10-9-15(23)20-14-8-6-7-11(3)18-14/h6-8H,4-5,9-10H2,1-3H3,(H,17,19,22)(H,18,20,23). The van der Waals surface area contributed by atoms with Gasteiger partial charge in [-0.05, 0) is 31.9 Å². The van der Waals surface area contributed by atoms with E-state index in [-0.39, 0.29) is 5.91 Å². The van der Waals surface area contributed by atoms with Crippen molar-refractivity contribution in [2.75, 3.05) is 17.2 Å². The smallest absolute Gasteiger partial charge is 0.242 e. The number of carbonyl (C=O) groups excluding carboxylic acids is 1. The first-order valence-electron chi connectivity index (χ1n) is 7.82. The molecule has 0 radical (unpaired) electrons. The van der Waals surface area contributed by atoms with Crippen molar-refractivity contribution in [1.29, 1.82) is 0 Å². The number of aromatic nitrogens is 4. The number of anilines is 2. The molecular formula is C16H22N6O. The van der Waals surface area contributed by atoms with Crippen molar-refractivity contribution in [1.82, 2.24) is 20.2 Å². The van der Waals surface area contributed by atoms with E-state index in [2.05, 4.69) is 30.8 Å². The average molecular weight is 314 g/mol. The van der Waals surface area contributed by atoms with E-state index in [1.807, 2.05) is 32.9 Å². The minimum absolute atomic E-state index is 0.107. The predicted molar refractivity (Wildman–Crippen MR) is 89.3 cm³/mol. The summed E-state index contributed by atoms with van der Waals surface area (Å²) in [5, 5.41) is 14.0. The number of hydrogen-bond donors (Lipinski definition) is 2. The molecule has 7 nitrogen and oxygen atoms in total. The molecule has 0 aromatic carbocycles. The monoisotopic (exact) mass is 314 g/mol. The number of rotatable bonds is 7. The third-order valence-corrected chi connectivity index (χ3v) is 3.30. The van der Waals surface area contributed by atoms with Crippen LogP contribution >= 0.6 is 0 Å². The second-order valence-corrected chi connectivity index (χ2v) is 5.13. The van der Waals surface area contributed by atoms with Crippen LogP contribution in [0.4, 0.5) is 11.8 Å². The van der Waals surface area contributed by atoms with Crippen molar-refractivity contribution in [3.05, 3.63) is 35.3 Å². The second kappa shape index (κ2) is 8.17. The van der Waals surface area contributed by atoms with Gasteiger partial charge in [-0.25, -0.2) is 9.97 Å². The topological polar surface area (TPSA) is 92.7 Å². The maximum Gasteiger partial charge on any atom is 0.242 e. The van der Waals surface area contributed by atoms with Crippen LogP contribution in [0.15, 0.2) is 18.2 Å². The van der Waals surface area contributed by atoms with Crippen LogP contribution < -0.4 is 10.6 Å². The second-order valence-electron chi connectivity index (χ2n) is 5.13. The quantitative estimate of drug-likeness (QED) is 0.813. The zero-order valence-corrected chi connectivity index (χ0v) is 13.8. The van der Waals surface area contributed by atoms with Crippen LogP contribution in [0.5, 0.6) is 0 Å². The van der Waals surface area contributed by atoms with E-state index < -0.39 is 0 Å². The summed E-state index contributed by atoms with van der Waals surface area (Å²) in [5.74, 6) is 0.915. The molecular weight excluding hydrogens is 292 g/mol. The third kappa shape index (κ3) is 4.98. The molecule has 0 saturated heterocycles. The summed E-state index contributed by atoms with van der Waals surface area (Å²) >= 11 is 0. The maximum atomic E-state index is 11.9. The Hall–Kier alpha value is -2.57. The number of hydrogen-bond acceptors (Lipinski definition) is 6. The van der Waals surface area contributed by atoms with E-state index in [1.165, 1.54) is 0 Å². The van der Waals surface area contributed by atoms with Crippen LogP contribution in [-0.4, -0.2) is 32.6 Å². The van der Waals surface area contributed by atoms with Crippen LogP contribution in [0.25, 0.3) is 0 Å². The molecule has 0 bridgehead atoms. The van der Waals surface area contributed by atoms with Gasteiger partial charge >= 0.3 is 0 Å². The first kappa shape index (κ1) is 16.8.